The predicted molar refractivity (Wildman–Crippen MR) is 39.2 cm³/mol. The average Bonchev–Trinajstić information content (AvgIpc) is 1.85. The molecule has 0 spiro atoms. The summed E-state index contributed by atoms with van der Waals surface area (Å²) < 4.78 is 5.10. The lowest BCUT2D eigenvalue weighted by Gasteiger charge is -2.31. The van der Waals surface area contributed by atoms with Gasteiger partial charge in [-0.25, -0.2) is 0 Å². The van der Waals surface area contributed by atoms with Gasteiger partial charge in [-0.1, -0.05) is 0 Å². The van der Waals surface area contributed by atoms with Gasteiger partial charge in [-0.2, -0.15) is 0 Å². The first-order valence-corrected chi connectivity index (χ1v) is 3.71. The van der Waals surface area contributed by atoms with E-state index in [1.165, 1.54) is 0 Å². The van der Waals surface area contributed by atoms with Gasteiger partial charge in [0.15, 0.2) is 0 Å². The number of aliphatic carboxylic acids is 1. The van der Waals surface area contributed by atoms with E-state index in [9.17, 15) is 4.79 Å². The maximum Gasteiger partial charge on any atom is 0.305 e. The van der Waals surface area contributed by atoms with Crippen LogP contribution in [0.15, 0.2) is 0 Å². The van der Waals surface area contributed by atoms with Crippen molar-refractivity contribution in [2.45, 2.75) is 24.8 Å². The van der Waals surface area contributed by atoms with Crippen LogP contribution in [-0.2, 0) is 9.53 Å². The Morgan fingerprint density at radius 3 is 2.91 bits per heavy atom. The molecule has 0 aromatic heterocycles. The highest BCUT2D eigenvalue weighted by Gasteiger charge is 2.30. The third-order valence-electron chi connectivity index (χ3n) is 1.86. The number of hydrogen-bond acceptors (Lipinski definition) is 3. The van der Waals surface area contributed by atoms with Gasteiger partial charge in [0.2, 0.25) is 0 Å². The van der Waals surface area contributed by atoms with Crippen LogP contribution >= 0.6 is 0 Å². The topological polar surface area (TPSA) is 72.6 Å². The lowest BCUT2D eigenvalue weighted by molar-refractivity contribution is -0.139. The second kappa shape index (κ2) is 3.19. The summed E-state index contributed by atoms with van der Waals surface area (Å²) in [4.78, 5) is 10.3. The largest absolute Gasteiger partial charge is 0.481 e. The SMILES string of the molecule is NC1(CC(=O)O)CCCOC1. The van der Waals surface area contributed by atoms with Gasteiger partial charge in [-0.05, 0) is 12.8 Å². The van der Waals surface area contributed by atoms with Crippen molar-refractivity contribution in [1.29, 1.82) is 0 Å². The van der Waals surface area contributed by atoms with Crippen LogP contribution in [0.3, 0.4) is 0 Å². The highest BCUT2D eigenvalue weighted by molar-refractivity contribution is 5.68. The summed E-state index contributed by atoms with van der Waals surface area (Å²) in [6.45, 7) is 1.08. The van der Waals surface area contributed by atoms with E-state index >= 15 is 0 Å². The summed E-state index contributed by atoms with van der Waals surface area (Å²) in [5.41, 5.74) is 5.13. The molecule has 0 aliphatic carbocycles. The van der Waals surface area contributed by atoms with Crippen molar-refractivity contribution in [3.63, 3.8) is 0 Å². The Balaban J connectivity index is 2.43. The fourth-order valence-corrected chi connectivity index (χ4v) is 1.31. The molecule has 1 aliphatic rings. The average molecular weight is 159 g/mol. The third-order valence-corrected chi connectivity index (χ3v) is 1.86. The molecule has 4 heteroatoms. The number of nitrogens with two attached hydrogens (primary N) is 1. The Labute approximate surface area is 65.3 Å². The number of carbonyl (C=O) groups is 1. The van der Waals surface area contributed by atoms with E-state index in [4.69, 9.17) is 15.6 Å². The number of carboxylic acids is 1. The van der Waals surface area contributed by atoms with E-state index in [0.29, 0.717) is 13.2 Å². The molecule has 1 heterocycles. The van der Waals surface area contributed by atoms with Crippen molar-refractivity contribution < 1.29 is 14.6 Å². The van der Waals surface area contributed by atoms with Crippen LogP contribution in [-0.4, -0.2) is 29.8 Å². The van der Waals surface area contributed by atoms with Gasteiger partial charge in [-0.15, -0.1) is 0 Å². The first-order chi connectivity index (χ1) is 5.12. The van der Waals surface area contributed by atoms with E-state index in [1.54, 1.807) is 0 Å². The minimum absolute atomic E-state index is 0.00694. The van der Waals surface area contributed by atoms with E-state index in [1.807, 2.05) is 0 Å². The van der Waals surface area contributed by atoms with Crippen LogP contribution in [0.1, 0.15) is 19.3 Å². The molecule has 0 aromatic rings. The van der Waals surface area contributed by atoms with Gasteiger partial charge in [0.1, 0.15) is 0 Å². The zero-order chi connectivity index (χ0) is 8.32. The lowest BCUT2D eigenvalue weighted by atomic mass is 9.90. The maximum absolute atomic E-state index is 10.3. The molecule has 1 rings (SSSR count). The van der Waals surface area contributed by atoms with E-state index in [2.05, 4.69) is 0 Å². The molecule has 0 aromatic carbocycles. The van der Waals surface area contributed by atoms with Gasteiger partial charge >= 0.3 is 5.97 Å². The van der Waals surface area contributed by atoms with Crippen molar-refractivity contribution in [1.82, 2.24) is 0 Å². The van der Waals surface area contributed by atoms with Crippen LogP contribution in [0.2, 0.25) is 0 Å². The number of rotatable bonds is 2. The Morgan fingerprint density at radius 2 is 2.45 bits per heavy atom. The number of carboxylic acid groups (broad SMARTS) is 1. The normalized spacial score (nSPS) is 31.7. The van der Waals surface area contributed by atoms with Crippen molar-refractivity contribution in [2.75, 3.05) is 13.2 Å². The lowest BCUT2D eigenvalue weighted by Crippen LogP contribution is -2.48. The van der Waals surface area contributed by atoms with Crippen LogP contribution in [0.5, 0.6) is 0 Å². The van der Waals surface area contributed by atoms with Gasteiger partial charge in [0.05, 0.1) is 13.0 Å². The summed E-state index contributed by atoms with van der Waals surface area (Å²) in [5, 5.41) is 8.50. The van der Waals surface area contributed by atoms with Gasteiger partial charge in [-0.3, -0.25) is 4.79 Å². The summed E-state index contributed by atoms with van der Waals surface area (Å²) >= 11 is 0. The standard InChI is InChI=1S/C7H13NO3/c8-7(4-6(9)10)2-1-3-11-5-7/h1-5,8H2,(H,9,10). The summed E-state index contributed by atoms with van der Waals surface area (Å²) in [7, 11) is 0. The summed E-state index contributed by atoms with van der Waals surface area (Å²) in [5.74, 6) is -0.849. The van der Waals surface area contributed by atoms with Crippen molar-refractivity contribution >= 4 is 5.97 Å². The van der Waals surface area contributed by atoms with Crippen LogP contribution in [0, 0.1) is 0 Å². The molecule has 64 valence electrons. The Hall–Kier alpha value is -0.610. The molecule has 0 radical (unpaired) electrons. The first-order valence-electron chi connectivity index (χ1n) is 3.71. The minimum Gasteiger partial charge on any atom is -0.481 e. The molecule has 4 nitrogen and oxygen atoms in total. The zero-order valence-electron chi connectivity index (χ0n) is 6.38. The maximum atomic E-state index is 10.3. The molecule has 0 saturated carbocycles. The Bertz CT molecular complexity index is 152. The van der Waals surface area contributed by atoms with Crippen LogP contribution < -0.4 is 5.73 Å². The molecule has 0 bridgehead atoms. The highest BCUT2D eigenvalue weighted by Crippen LogP contribution is 2.19. The summed E-state index contributed by atoms with van der Waals surface area (Å²) in [6.07, 6.45) is 1.62. The monoisotopic (exact) mass is 159 g/mol. The van der Waals surface area contributed by atoms with Crippen LogP contribution in [0.25, 0.3) is 0 Å². The quantitative estimate of drug-likeness (QED) is 0.593. The Kier molecular flexibility index (Phi) is 2.46. The molecule has 11 heavy (non-hydrogen) atoms. The number of hydrogen-bond donors (Lipinski definition) is 2. The molecule has 3 N–H and O–H groups in total. The smallest absolute Gasteiger partial charge is 0.305 e. The fourth-order valence-electron chi connectivity index (χ4n) is 1.31. The predicted octanol–water partition coefficient (Wildman–Crippen LogP) is -0.0310. The zero-order valence-corrected chi connectivity index (χ0v) is 6.38. The van der Waals surface area contributed by atoms with Crippen molar-refractivity contribution in [3.8, 4) is 0 Å². The third kappa shape index (κ3) is 2.48. The van der Waals surface area contributed by atoms with E-state index in [-0.39, 0.29) is 6.42 Å². The second-order valence-electron chi connectivity index (χ2n) is 3.09. The molecule has 1 aliphatic heterocycles. The molecule has 1 saturated heterocycles. The van der Waals surface area contributed by atoms with E-state index in [0.717, 1.165) is 12.8 Å². The second-order valence-corrected chi connectivity index (χ2v) is 3.09. The Morgan fingerprint density at radius 1 is 1.73 bits per heavy atom. The van der Waals surface area contributed by atoms with E-state index < -0.39 is 11.5 Å². The van der Waals surface area contributed by atoms with Crippen molar-refractivity contribution in [2.24, 2.45) is 5.73 Å². The van der Waals surface area contributed by atoms with Gasteiger partial charge < -0.3 is 15.6 Å². The van der Waals surface area contributed by atoms with Gasteiger partial charge in [0, 0.05) is 12.1 Å². The molecule has 1 fully saturated rings. The van der Waals surface area contributed by atoms with Crippen LogP contribution in [0.4, 0.5) is 0 Å². The molecular formula is C7H13NO3. The molecule has 0 amide bonds. The fraction of sp³-hybridized carbons (Fsp3) is 0.857. The molecular weight excluding hydrogens is 146 g/mol. The highest BCUT2D eigenvalue weighted by atomic mass is 16.5. The molecule has 1 unspecified atom stereocenters. The first kappa shape index (κ1) is 8.49. The molecule has 1 atom stereocenters. The van der Waals surface area contributed by atoms with Gasteiger partial charge in [0.25, 0.3) is 0 Å². The summed E-state index contributed by atoms with van der Waals surface area (Å²) in [6, 6.07) is 0. The number of ether oxygens (including phenoxy) is 1. The van der Waals surface area contributed by atoms with Crippen molar-refractivity contribution in [3.05, 3.63) is 0 Å². The minimum atomic E-state index is -0.849.